The van der Waals surface area contributed by atoms with E-state index in [4.69, 9.17) is 5.73 Å². The van der Waals surface area contributed by atoms with Gasteiger partial charge in [0.05, 0.1) is 6.54 Å². The molecule has 0 aliphatic heterocycles. The first kappa shape index (κ1) is 10.9. The fraction of sp³-hybridized carbons (Fsp3) is 0.444. The second-order valence-electron chi connectivity index (χ2n) is 3.49. The summed E-state index contributed by atoms with van der Waals surface area (Å²) in [6.07, 6.45) is 4.46. The maximum Gasteiger partial charge on any atom is 0.328 e. The smallest absolute Gasteiger partial charge is 0.328 e. The Morgan fingerprint density at radius 3 is 2.81 bits per heavy atom. The first-order chi connectivity index (χ1) is 7.72. The number of nitrogens with zero attached hydrogens (tertiary/aromatic N) is 4. The van der Waals surface area contributed by atoms with Gasteiger partial charge in [0.2, 0.25) is 0 Å². The highest BCUT2D eigenvalue weighted by Gasteiger charge is 2.08. The van der Waals surface area contributed by atoms with Crippen molar-refractivity contribution in [2.75, 3.05) is 5.73 Å². The number of hydrogen-bond donors (Lipinski definition) is 1. The molecule has 2 aromatic heterocycles. The summed E-state index contributed by atoms with van der Waals surface area (Å²) in [5, 5.41) is 4.45. The zero-order valence-electron chi connectivity index (χ0n) is 8.96. The number of rotatable bonds is 4. The Bertz CT molecular complexity index is 526. The second-order valence-corrected chi connectivity index (χ2v) is 4.27. The van der Waals surface area contributed by atoms with Crippen molar-refractivity contribution in [3.63, 3.8) is 0 Å². The van der Waals surface area contributed by atoms with Crippen molar-refractivity contribution in [1.82, 2.24) is 18.7 Å². The minimum atomic E-state index is -0.0331. The number of nitrogens with two attached hydrogens (primary N) is 1. The van der Waals surface area contributed by atoms with Crippen molar-refractivity contribution in [3.05, 3.63) is 28.6 Å². The Morgan fingerprint density at radius 1 is 1.44 bits per heavy atom. The van der Waals surface area contributed by atoms with Gasteiger partial charge in [0.25, 0.3) is 0 Å². The molecule has 2 rings (SSSR count). The topological polar surface area (TPSA) is 78.7 Å². The van der Waals surface area contributed by atoms with E-state index in [2.05, 4.69) is 9.59 Å². The van der Waals surface area contributed by atoms with Crippen LogP contribution in [0.25, 0.3) is 0 Å². The van der Waals surface area contributed by atoms with E-state index in [-0.39, 0.29) is 5.69 Å². The summed E-state index contributed by atoms with van der Waals surface area (Å²) in [4.78, 5) is 11.8. The average Bonchev–Trinajstić information content (AvgIpc) is 2.80. The van der Waals surface area contributed by atoms with Crippen molar-refractivity contribution < 1.29 is 0 Å². The fourth-order valence-corrected chi connectivity index (χ4v) is 1.91. The molecule has 0 bridgehead atoms. The molecule has 2 aromatic rings. The lowest BCUT2D eigenvalue weighted by atomic mass is 10.4. The van der Waals surface area contributed by atoms with Crippen LogP contribution in [-0.2, 0) is 13.1 Å². The highest BCUT2D eigenvalue weighted by molar-refractivity contribution is 7.09. The van der Waals surface area contributed by atoms with Crippen LogP contribution in [0, 0.1) is 0 Å². The molecule has 0 atom stereocenters. The predicted molar refractivity (Wildman–Crippen MR) is 62.4 cm³/mol. The SMILES string of the molecule is CCCn1ccn(Cc2nnsc2N)c1=O. The van der Waals surface area contributed by atoms with Gasteiger partial charge < -0.3 is 5.73 Å². The van der Waals surface area contributed by atoms with Crippen molar-refractivity contribution in [3.8, 4) is 0 Å². The molecule has 0 spiro atoms. The van der Waals surface area contributed by atoms with Crippen molar-refractivity contribution in [2.45, 2.75) is 26.4 Å². The highest BCUT2D eigenvalue weighted by atomic mass is 32.1. The van der Waals surface area contributed by atoms with Gasteiger partial charge in [-0.2, -0.15) is 0 Å². The number of aryl methyl sites for hydroxylation is 1. The van der Waals surface area contributed by atoms with Crippen molar-refractivity contribution >= 4 is 16.5 Å². The van der Waals surface area contributed by atoms with Crippen LogP contribution >= 0.6 is 11.5 Å². The number of nitrogen functional groups attached to an aromatic ring is 1. The van der Waals surface area contributed by atoms with Crippen LogP contribution in [-0.4, -0.2) is 18.7 Å². The van der Waals surface area contributed by atoms with E-state index in [0.717, 1.165) is 24.5 Å². The molecule has 86 valence electrons. The summed E-state index contributed by atoms with van der Waals surface area (Å²) in [7, 11) is 0. The van der Waals surface area contributed by atoms with E-state index >= 15 is 0 Å². The van der Waals surface area contributed by atoms with E-state index in [1.165, 1.54) is 0 Å². The van der Waals surface area contributed by atoms with E-state index < -0.39 is 0 Å². The van der Waals surface area contributed by atoms with E-state index in [1.54, 1.807) is 21.5 Å². The number of aromatic nitrogens is 4. The molecule has 0 aliphatic carbocycles. The van der Waals surface area contributed by atoms with Gasteiger partial charge in [-0.1, -0.05) is 11.4 Å². The largest absolute Gasteiger partial charge is 0.388 e. The Kier molecular flexibility index (Phi) is 3.04. The van der Waals surface area contributed by atoms with E-state index in [9.17, 15) is 4.79 Å². The average molecular weight is 239 g/mol. The lowest BCUT2D eigenvalue weighted by molar-refractivity contribution is 0.621. The maximum atomic E-state index is 11.8. The molecule has 7 heteroatoms. The van der Waals surface area contributed by atoms with Crippen molar-refractivity contribution in [1.29, 1.82) is 0 Å². The van der Waals surface area contributed by atoms with Crippen LogP contribution in [0.1, 0.15) is 19.0 Å². The molecular formula is C9H13N5OS. The monoisotopic (exact) mass is 239 g/mol. The lowest BCUT2D eigenvalue weighted by Crippen LogP contribution is -2.24. The van der Waals surface area contributed by atoms with Crippen LogP contribution in [0.2, 0.25) is 0 Å². The molecule has 0 aromatic carbocycles. The number of anilines is 1. The van der Waals surface area contributed by atoms with Gasteiger partial charge >= 0.3 is 5.69 Å². The van der Waals surface area contributed by atoms with Gasteiger partial charge in [-0.25, -0.2) is 4.79 Å². The van der Waals surface area contributed by atoms with Gasteiger partial charge in [-0.3, -0.25) is 9.13 Å². The minimum absolute atomic E-state index is 0.0331. The molecule has 2 N–H and O–H groups in total. The quantitative estimate of drug-likeness (QED) is 0.844. The van der Waals surface area contributed by atoms with Crippen molar-refractivity contribution in [2.24, 2.45) is 0 Å². The van der Waals surface area contributed by atoms with E-state index in [1.807, 2.05) is 6.92 Å². The van der Waals surface area contributed by atoms with Crippen LogP contribution in [0.3, 0.4) is 0 Å². The standard InChI is InChI=1S/C9H13N5OS/c1-2-3-13-4-5-14(9(13)15)6-7-8(10)16-12-11-7/h4-5H,2-3,6,10H2,1H3. The molecule has 0 aliphatic rings. The van der Waals surface area contributed by atoms with Gasteiger partial charge in [-0.15, -0.1) is 5.10 Å². The molecule has 0 unspecified atom stereocenters. The molecule has 6 nitrogen and oxygen atoms in total. The number of hydrogen-bond acceptors (Lipinski definition) is 5. The summed E-state index contributed by atoms with van der Waals surface area (Å²) < 4.78 is 7.00. The molecule has 16 heavy (non-hydrogen) atoms. The predicted octanol–water partition coefficient (Wildman–Crippen LogP) is 0.542. The number of imidazole rings is 1. The van der Waals surface area contributed by atoms with Gasteiger partial charge in [0.15, 0.2) is 0 Å². The molecule has 2 heterocycles. The molecule has 0 saturated carbocycles. The molecule has 0 radical (unpaired) electrons. The summed E-state index contributed by atoms with van der Waals surface area (Å²) in [6.45, 7) is 3.15. The summed E-state index contributed by atoms with van der Waals surface area (Å²) in [5.74, 6) is 0. The highest BCUT2D eigenvalue weighted by Crippen LogP contribution is 2.12. The minimum Gasteiger partial charge on any atom is -0.388 e. The third kappa shape index (κ3) is 1.99. The fourth-order valence-electron chi connectivity index (χ4n) is 1.47. The third-order valence-electron chi connectivity index (χ3n) is 2.29. The molecule has 0 amide bonds. The van der Waals surface area contributed by atoms with Gasteiger partial charge in [0.1, 0.15) is 10.7 Å². The van der Waals surface area contributed by atoms with Crippen LogP contribution in [0.4, 0.5) is 5.00 Å². The molecule has 0 fully saturated rings. The van der Waals surface area contributed by atoms with Crippen LogP contribution < -0.4 is 11.4 Å². The van der Waals surface area contributed by atoms with Crippen LogP contribution in [0.15, 0.2) is 17.2 Å². The first-order valence-corrected chi connectivity index (χ1v) is 5.82. The summed E-state index contributed by atoms with van der Waals surface area (Å²) in [5.41, 5.74) is 6.30. The molecule has 0 saturated heterocycles. The summed E-state index contributed by atoms with van der Waals surface area (Å²) in [6, 6.07) is 0. The maximum absolute atomic E-state index is 11.8. The summed E-state index contributed by atoms with van der Waals surface area (Å²) >= 11 is 1.14. The zero-order valence-corrected chi connectivity index (χ0v) is 9.78. The van der Waals surface area contributed by atoms with Crippen LogP contribution in [0.5, 0.6) is 0 Å². The Labute approximate surface area is 96.5 Å². The Balaban J connectivity index is 2.23. The van der Waals surface area contributed by atoms with Gasteiger partial charge in [-0.05, 0) is 6.42 Å². The second kappa shape index (κ2) is 4.48. The van der Waals surface area contributed by atoms with E-state index in [0.29, 0.717) is 17.2 Å². The lowest BCUT2D eigenvalue weighted by Gasteiger charge is -1.99. The molecular weight excluding hydrogens is 226 g/mol. The first-order valence-electron chi connectivity index (χ1n) is 5.04. The zero-order chi connectivity index (χ0) is 11.5. The third-order valence-corrected chi connectivity index (χ3v) is 2.88. The Morgan fingerprint density at radius 2 is 2.19 bits per heavy atom. The Hall–Kier alpha value is -1.63. The normalized spacial score (nSPS) is 10.8. The van der Waals surface area contributed by atoms with Gasteiger partial charge in [0, 0.05) is 30.5 Å².